The minimum atomic E-state index is -0.696. The molecule has 2 aromatic carbocycles. The minimum absolute atomic E-state index is 0.0380. The summed E-state index contributed by atoms with van der Waals surface area (Å²) in [7, 11) is 0. The molecule has 0 aromatic heterocycles. The van der Waals surface area contributed by atoms with Gasteiger partial charge in [0.1, 0.15) is 11.4 Å². The Balaban J connectivity index is 1.79. The van der Waals surface area contributed by atoms with Crippen molar-refractivity contribution in [2.45, 2.75) is 13.3 Å². The number of carbonyl (C=O) groups excluding carboxylic acids is 1. The van der Waals surface area contributed by atoms with E-state index >= 15 is 0 Å². The Morgan fingerprint density at radius 2 is 1.68 bits per heavy atom. The molecule has 1 aliphatic heterocycles. The third-order valence-corrected chi connectivity index (χ3v) is 4.72. The zero-order chi connectivity index (χ0) is 20.1. The number of anilines is 2. The molecule has 1 fully saturated rings. The summed E-state index contributed by atoms with van der Waals surface area (Å²) < 4.78 is 18.1. The second-order valence-electron chi connectivity index (χ2n) is 6.48. The minimum Gasteiger partial charge on any atom is -0.462 e. The summed E-state index contributed by atoms with van der Waals surface area (Å²) in [5.41, 5.74) is 1.41. The first-order chi connectivity index (χ1) is 13.5. The van der Waals surface area contributed by atoms with Gasteiger partial charge >= 0.3 is 5.97 Å². The van der Waals surface area contributed by atoms with Crippen molar-refractivity contribution in [3.63, 3.8) is 0 Å². The van der Waals surface area contributed by atoms with Gasteiger partial charge in [-0.1, -0.05) is 0 Å². The Kier molecular flexibility index (Phi) is 6.08. The lowest BCUT2D eigenvalue weighted by Gasteiger charge is -2.25. The van der Waals surface area contributed by atoms with Crippen LogP contribution in [0.2, 0.25) is 0 Å². The lowest BCUT2D eigenvalue weighted by Crippen LogP contribution is -2.30. The summed E-state index contributed by atoms with van der Waals surface area (Å²) in [4.78, 5) is 27.1. The topological polar surface area (TPSA) is 75.9 Å². The fourth-order valence-electron chi connectivity index (χ4n) is 3.34. The van der Waals surface area contributed by atoms with Crippen LogP contribution in [-0.4, -0.2) is 43.7 Å². The van der Waals surface area contributed by atoms with Crippen LogP contribution < -0.4 is 9.80 Å². The Morgan fingerprint density at radius 1 is 1.07 bits per heavy atom. The second-order valence-corrected chi connectivity index (χ2v) is 6.48. The van der Waals surface area contributed by atoms with Crippen LogP contribution in [0.15, 0.2) is 42.5 Å². The normalized spacial score (nSPS) is 14.5. The van der Waals surface area contributed by atoms with E-state index in [9.17, 15) is 19.3 Å². The summed E-state index contributed by atoms with van der Waals surface area (Å²) in [5.74, 6) is -0.962. The molecule has 0 saturated carbocycles. The number of nitro groups is 1. The molecule has 0 bridgehead atoms. The van der Waals surface area contributed by atoms with Gasteiger partial charge in [0.05, 0.1) is 11.5 Å². The van der Waals surface area contributed by atoms with Crippen molar-refractivity contribution in [3.05, 3.63) is 64.0 Å². The van der Waals surface area contributed by atoms with Gasteiger partial charge in [-0.25, -0.2) is 9.18 Å². The predicted molar refractivity (Wildman–Crippen MR) is 104 cm³/mol. The fraction of sp³-hybridized carbons (Fsp3) is 0.350. The summed E-state index contributed by atoms with van der Waals surface area (Å²) >= 11 is 0. The fourth-order valence-corrected chi connectivity index (χ4v) is 3.34. The van der Waals surface area contributed by atoms with Crippen molar-refractivity contribution < 1.29 is 18.8 Å². The molecule has 8 heteroatoms. The van der Waals surface area contributed by atoms with Crippen molar-refractivity contribution in [2.24, 2.45) is 0 Å². The van der Waals surface area contributed by atoms with Gasteiger partial charge in [-0.05, 0) is 49.7 Å². The number of nitrogens with zero attached hydrogens (tertiary/aromatic N) is 3. The van der Waals surface area contributed by atoms with E-state index in [-0.39, 0.29) is 23.7 Å². The van der Waals surface area contributed by atoms with Crippen molar-refractivity contribution in [2.75, 3.05) is 42.6 Å². The lowest BCUT2D eigenvalue weighted by molar-refractivity contribution is -0.385. The van der Waals surface area contributed by atoms with Crippen molar-refractivity contribution in [3.8, 4) is 0 Å². The first kappa shape index (κ1) is 19.6. The third-order valence-electron chi connectivity index (χ3n) is 4.72. The maximum Gasteiger partial charge on any atom is 0.345 e. The average molecular weight is 387 g/mol. The first-order valence-corrected chi connectivity index (χ1v) is 9.20. The van der Waals surface area contributed by atoms with Crippen LogP contribution in [0, 0.1) is 15.9 Å². The van der Waals surface area contributed by atoms with Crippen molar-refractivity contribution >= 4 is 23.0 Å². The average Bonchev–Trinajstić information content (AvgIpc) is 2.94. The molecule has 28 heavy (non-hydrogen) atoms. The number of hydrogen-bond acceptors (Lipinski definition) is 6. The van der Waals surface area contributed by atoms with Gasteiger partial charge in [0, 0.05) is 43.6 Å². The SMILES string of the molecule is CCOC(=O)c1cc(N2CCCN(c3ccc(F)cc3)CC2)ccc1[N+](=O)[O-]. The highest BCUT2D eigenvalue weighted by Crippen LogP contribution is 2.27. The van der Waals surface area contributed by atoms with E-state index in [4.69, 9.17) is 4.74 Å². The molecule has 0 N–H and O–H groups in total. The van der Waals surface area contributed by atoms with Crippen LogP contribution in [0.1, 0.15) is 23.7 Å². The monoisotopic (exact) mass is 387 g/mol. The van der Waals surface area contributed by atoms with Gasteiger partial charge in [0.25, 0.3) is 5.69 Å². The first-order valence-electron chi connectivity index (χ1n) is 9.20. The molecule has 0 amide bonds. The van der Waals surface area contributed by atoms with E-state index in [1.165, 1.54) is 24.3 Å². The zero-order valence-electron chi connectivity index (χ0n) is 15.6. The van der Waals surface area contributed by atoms with Crippen LogP contribution in [0.3, 0.4) is 0 Å². The molecule has 1 aliphatic rings. The van der Waals surface area contributed by atoms with Crippen LogP contribution in [0.4, 0.5) is 21.5 Å². The van der Waals surface area contributed by atoms with Crippen LogP contribution in [0.5, 0.6) is 0 Å². The molecular weight excluding hydrogens is 365 g/mol. The summed E-state index contributed by atoms with van der Waals surface area (Å²) in [6.45, 7) is 4.77. The molecule has 0 unspecified atom stereocenters. The van der Waals surface area contributed by atoms with Gasteiger partial charge < -0.3 is 14.5 Å². The second kappa shape index (κ2) is 8.69. The number of carbonyl (C=O) groups is 1. The van der Waals surface area contributed by atoms with Crippen molar-refractivity contribution in [1.82, 2.24) is 0 Å². The van der Waals surface area contributed by atoms with E-state index in [0.29, 0.717) is 6.54 Å². The predicted octanol–water partition coefficient (Wildman–Crippen LogP) is 3.63. The number of benzene rings is 2. The van der Waals surface area contributed by atoms with Crippen LogP contribution >= 0.6 is 0 Å². The smallest absolute Gasteiger partial charge is 0.345 e. The molecule has 0 radical (unpaired) electrons. The molecular formula is C20H22FN3O4. The number of nitro benzene ring substituents is 1. The molecule has 2 aromatic rings. The molecule has 0 spiro atoms. The van der Waals surface area contributed by atoms with Crippen LogP contribution in [0.25, 0.3) is 0 Å². The maximum absolute atomic E-state index is 13.2. The summed E-state index contributed by atoms with van der Waals surface area (Å²) in [6, 6.07) is 11.0. The van der Waals surface area contributed by atoms with Gasteiger partial charge in [-0.3, -0.25) is 10.1 Å². The molecule has 0 aliphatic carbocycles. The number of hydrogen-bond donors (Lipinski definition) is 0. The molecule has 148 valence electrons. The highest BCUT2D eigenvalue weighted by atomic mass is 19.1. The van der Waals surface area contributed by atoms with E-state index in [1.54, 1.807) is 25.1 Å². The van der Waals surface area contributed by atoms with E-state index in [2.05, 4.69) is 9.80 Å². The van der Waals surface area contributed by atoms with Gasteiger partial charge in [-0.15, -0.1) is 0 Å². The highest BCUT2D eigenvalue weighted by molar-refractivity contribution is 5.95. The quantitative estimate of drug-likeness (QED) is 0.443. The number of halogens is 1. The molecule has 0 atom stereocenters. The third kappa shape index (κ3) is 4.39. The Labute approximate surface area is 162 Å². The van der Waals surface area contributed by atoms with Crippen molar-refractivity contribution in [1.29, 1.82) is 0 Å². The van der Waals surface area contributed by atoms with Gasteiger partial charge in [0.2, 0.25) is 0 Å². The van der Waals surface area contributed by atoms with E-state index in [0.717, 1.165) is 37.4 Å². The molecule has 3 rings (SSSR count). The Morgan fingerprint density at radius 3 is 2.29 bits per heavy atom. The molecule has 1 heterocycles. The van der Waals surface area contributed by atoms with Gasteiger partial charge in [0.15, 0.2) is 0 Å². The van der Waals surface area contributed by atoms with Crippen LogP contribution in [-0.2, 0) is 4.74 Å². The number of ether oxygens (including phenoxy) is 1. The lowest BCUT2D eigenvalue weighted by atomic mass is 10.1. The number of esters is 1. The largest absolute Gasteiger partial charge is 0.462 e. The van der Waals surface area contributed by atoms with Gasteiger partial charge in [-0.2, -0.15) is 0 Å². The Hall–Kier alpha value is -3.16. The highest BCUT2D eigenvalue weighted by Gasteiger charge is 2.24. The summed E-state index contributed by atoms with van der Waals surface area (Å²) in [5, 5.41) is 11.2. The Bertz CT molecular complexity index is 857. The van der Waals surface area contributed by atoms with E-state index < -0.39 is 10.9 Å². The molecule has 7 nitrogen and oxygen atoms in total. The number of rotatable bonds is 5. The molecule has 1 saturated heterocycles. The zero-order valence-corrected chi connectivity index (χ0v) is 15.6. The summed E-state index contributed by atoms with van der Waals surface area (Å²) in [6.07, 6.45) is 0.864. The van der Waals surface area contributed by atoms with E-state index in [1.807, 2.05) is 0 Å². The maximum atomic E-state index is 13.2. The standard InChI is InChI=1S/C20H22FN3O4/c1-2-28-20(25)18-14-17(8-9-19(18)24(26)27)23-11-3-10-22(12-13-23)16-6-4-15(21)5-7-16/h4-9,14H,2-3,10-13H2,1H3.